The summed E-state index contributed by atoms with van der Waals surface area (Å²) in [5.41, 5.74) is 1.37. The molecule has 3 aromatic heterocycles. The number of fused-ring (bicyclic) bond motifs is 1. The van der Waals surface area contributed by atoms with Crippen LogP contribution in [0.5, 0.6) is 0 Å². The molecule has 0 saturated carbocycles. The minimum atomic E-state index is -4.50. The van der Waals surface area contributed by atoms with Gasteiger partial charge >= 0.3 is 6.18 Å². The Morgan fingerprint density at radius 1 is 1.21 bits per heavy atom. The Bertz CT molecular complexity index is 1330. The molecule has 0 unspecified atom stereocenters. The van der Waals surface area contributed by atoms with E-state index in [1.54, 1.807) is 17.1 Å². The Labute approximate surface area is 219 Å². The van der Waals surface area contributed by atoms with Crippen LogP contribution in [0.25, 0.3) is 0 Å². The molecule has 206 valence electrons. The van der Waals surface area contributed by atoms with Crippen molar-refractivity contribution in [1.82, 2.24) is 29.5 Å². The smallest absolute Gasteiger partial charge is 0.370 e. The fraction of sp³-hybridized carbons (Fsp3) is 0.560. The second-order valence-corrected chi connectivity index (χ2v) is 10.6. The van der Waals surface area contributed by atoms with Gasteiger partial charge in [0.2, 0.25) is 5.95 Å². The van der Waals surface area contributed by atoms with Crippen LogP contribution < -0.4 is 10.2 Å². The van der Waals surface area contributed by atoms with Gasteiger partial charge < -0.3 is 15.0 Å². The van der Waals surface area contributed by atoms with E-state index in [0.717, 1.165) is 17.2 Å². The first-order valence-corrected chi connectivity index (χ1v) is 12.3. The van der Waals surface area contributed by atoms with Crippen molar-refractivity contribution in [2.75, 3.05) is 17.3 Å². The molecule has 0 spiro atoms. The summed E-state index contributed by atoms with van der Waals surface area (Å²) in [6, 6.07) is 0.553. The van der Waals surface area contributed by atoms with E-state index in [2.05, 4.69) is 20.5 Å². The van der Waals surface area contributed by atoms with Gasteiger partial charge in [-0.05, 0) is 40.7 Å². The van der Waals surface area contributed by atoms with E-state index in [4.69, 9.17) is 9.72 Å². The molecular weight excluding hydrogens is 501 g/mol. The third-order valence-corrected chi connectivity index (χ3v) is 6.34. The average molecular weight is 535 g/mol. The molecule has 1 N–H and O–H groups in total. The number of hydrogen-bond donors (Lipinski definition) is 1. The number of hydrogen-bond acceptors (Lipinski definition) is 8. The van der Waals surface area contributed by atoms with Crippen molar-refractivity contribution in [2.45, 2.75) is 78.1 Å². The van der Waals surface area contributed by atoms with Gasteiger partial charge in [0.05, 0.1) is 30.1 Å². The number of nitrogens with zero attached hydrogens (tertiary/aromatic N) is 7. The number of likely N-dealkylation sites (N-methyl/N-ethyl adjacent to an activating group) is 1. The standard InChI is InChI=1S/C25H33F3N8O2/c1-14-18-9-19(37)21(15(2)38-24(3,4)5)34(6)22(18)32-23(31-14)29-10-16-11-30-36(12-16)13-17-8-20(25(26,27)28)33-35(17)7/h8,11-12,15,21H,9-10,13H2,1-7H3,(H,29,31,32)/t15-,21-/m0/s1. The topological polar surface area (TPSA) is 103 Å². The highest BCUT2D eigenvalue weighted by Crippen LogP contribution is 2.32. The molecule has 0 radical (unpaired) electrons. The van der Waals surface area contributed by atoms with Crippen molar-refractivity contribution in [2.24, 2.45) is 7.05 Å². The van der Waals surface area contributed by atoms with E-state index in [9.17, 15) is 18.0 Å². The molecular formula is C25H33F3N8O2. The van der Waals surface area contributed by atoms with Gasteiger partial charge in [0, 0.05) is 50.1 Å². The maximum Gasteiger partial charge on any atom is 0.435 e. The van der Waals surface area contributed by atoms with Gasteiger partial charge in [-0.3, -0.25) is 14.2 Å². The number of aromatic nitrogens is 6. The van der Waals surface area contributed by atoms with Crippen molar-refractivity contribution in [3.8, 4) is 0 Å². The van der Waals surface area contributed by atoms with Crippen LogP contribution in [-0.4, -0.2) is 60.1 Å². The third-order valence-electron chi connectivity index (χ3n) is 6.34. The normalized spacial score (nSPS) is 17.1. The maximum absolute atomic E-state index is 13.0. The first kappa shape index (κ1) is 27.6. The van der Waals surface area contributed by atoms with Crippen LogP contribution >= 0.6 is 0 Å². The van der Waals surface area contributed by atoms with Crippen LogP contribution in [0.4, 0.5) is 24.9 Å². The maximum atomic E-state index is 13.0. The number of anilines is 2. The lowest BCUT2D eigenvalue weighted by Crippen LogP contribution is -2.52. The highest BCUT2D eigenvalue weighted by atomic mass is 19.4. The Hall–Kier alpha value is -3.48. The molecule has 4 heterocycles. The molecule has 4 rings (SSSR count). The molecule has 0 saturated heterocycles. The fourth-order valence-corrected chi connectivity index (χ4v) is 4.71. The average Bonchev–Trinajstić information content (AvgIpc) is 3.38. The van der Waals surface area contributed by atoms with Crippen LogP contribution in [0.1, 0.15) is 55.9 Å². The van der Waals surface area contributed by atoms with E-state index in [0.29, 0.717) is 29.7 Å². The van der Waals surface area contributed by atoms with Gasteiger partial charge in [0.15, 0.2) is 11.5 Å². The molecule has 13 heteroatoms. The van der Waals surface area contributed by atoms with E-state index in [1.165, 1.54) is 11.7 Å². The molecule has 0 bridgehead atoms. The summed E-state index contributed by atoms with van der Waals surface area (Å²) in [7, 11) is 3.31. The molecule has 10 nitrogen and oxygen atoms in total. The summed E-state index contributed by atoms with van der Waals surface area (Å²) < 4.78 is 47.7. The van der Waals surface area contributed by atoms with Gasteiger partial charge in [-0.2, -0.15) is 28.4 Å². The minimum absolute atomic E-state index is 0.0624. The van der Waals surface area contributed by atoms with Crippen LogP contribution in [0.2, 0.25) is 0 Å². The molecule has 38 heavy (non-hydrogen) atoms. The number of halogens is 3. The van der Waals surface area contributed by atoms with E-state index < -0.39 is 23.5 Å². The monoisotopic (exact) mass is 534 g/mol. The zero-order valence-electron chi connectivity index (χ0n) is 22.6. The summed E-state index contributed by atoms with van der Waals surface area (Å²) in [5, 5.41) is 11.0. The lowest BCUT2D eigenvalue weighted by molar-refractivity contribution is -0.141. The molecule has 0 amide bonds. The first-order chi connectivity index (χ1) is 17.6. The largest absolute Gasteiger partial charge is 0.435 e. The SMILES string of the molecule is Cc1nc(NCc2cnn(Cc3cc(C(F)(F)F)nn3C)c2)nc2c1CC(=O)[C@H]([C@H](C)OC(C)(C)C)N2C. The Morgan fingerprint density at radius 2 is 1.92 bits per heavy atom. The number of Topliss-reactive ketones (excluding diaryl/α,β-unsaturated/α-hetero) is 1. The molecule has 1 aliphatic rings. The lowest BCUT2D eigenvalue weighted by Gasteiger charge is -2.39. The number of carbonyl (C=O) groups excluding carboxylic acids is 1. The van der Waals surface area contributed by atoms with Crippen molar-refractivity contribution in [3.05, 3.63) is 46.7 Å². The van der Waals surface area contributed by atoms with Crippen molar-refractivity contribution >= 4 is 17.5 Å². The number of ketones is 1. The second kappa shape index (κ2) is 10.0. The predicted molar refractivity (Wildman–Crippen MR) is 135 cm³/mol. The van der Waals surface area contributed by atoms with Gasteiger partial charge in [0.1, 0.15) is 11.9 Å². The van der Waals surface area contributed by atoms with Gasteiger partial charge in [-0.25, -0.2) is 4.98 Å². The van der Waals surface area contributed by atoms with Crippen LogP contribution in [0, 0.1) is 6.92 Å². The number of ether oxygens (including phenoxy) is 1. The van der Waals surface area contributed by atoms with Crippen molar-refractivity contribution in [3.63, 3.8) is 0 Å². The van der Waals surface area contributed by atoms with Crippen LogP contribution in [0.3, 0.4) is 0 Å². The Kier molecular flexibility index (Phi) is 7.26. The number of aryl methyl sites for hydroxylation is 2. The fourth-order valence-electron chi connectivity index (χ4n) is 4.71. The molecule has 0 aliphatic carbocycles. The molecule has 0 aromatic carbocycles. The van der Waals surface area contributed by atoms with Crippen molar-refractivity contribution < 1.29 is 22.7 Å². The Balaban J connectivity index is 1.46. The number of carbonyl (C=O) groups is 1. The van der Waals surface area contributed by atoms with Gasteiger partial charge in [0.25, 0.3) is 0 Å². The molecule has 3 aromatic rings. The second-order valence-electron chi connectivity index (χ2n) is 10.6. The third kappa shape index (κ3) is 5.98. The zero-order chi connectivity index (χ0) is 28.0. The molecule has 1 aliphatic heterocycles. The number of alkyl halides is 3. The zero-order valence-corrected chi connectivity index (χ0v) is 22.6. The number of nitrogens with one attached hydrogen (secondary N) is 1. The predicted octanol–water partition coefficient (Wildman–Crippen LogP) is 3.53. The van der Waals surface area contributed by atoms with E-state index in [-0.39, 0.29) is 24.9 Å². The molecule has 0 fully saturated rings. The summed E-state index contributed by atoms with van der Waals surface area (Å²) >= 11 is 0. The summed E-state index contributed by atoms with van der Waals surface area (Å²) in [6.07, 6.45) is -1.21. The summed E-state index contributed by atoms with van der Waals surface area (Å²) in [5.74, 6) is 1.15. The summed E-state index contributed by atoms with van der Waals surface area (Å²) in [6.45, 7) is 10.1. The van der Waals surface area contributed by atoms with Crippen molar-refractivity contribution in [1.29, 1.82) is 0 Å². The van der Waals surface area contributed by atoms with Gasteiger partial charge in [-0.1, -0.05) is 0 Å². The van der Waals surface area contributed by atoms with E-state index >= 15 is 0 Å². The number of rotatable bonds is 7. The highest BCUT2D eigenvalue weighted by Gasteiger charge is 2.39. The minimum Gasteiger partial charge on any atom is -0.370 e. The lowest BCUT2D eigenvalue weighted by atomic mass is 9.93. The highest BCUT2D eigenvalue weighted by molar-refractivity contribution is 5.93. The van der Waals surface area contributed by atoms with Crippen LogP contribution in [0.15, 0.2) is 18.5 Å². The molecule has 2 atom stereocenters. The van der Waals surface area contributed by atoms with E-state index in [1.807, 2.05) is 46.6 Å². The quantitative estimate of drug-likeness (QED) is 0.491. The van der Waals surface area contributed by atoms with Crippen LogP contribution in [-0.2, 0) is 42.3 Å². The summed E-state index contributed by atoms with van der Waals surface area (Å²) in [4.78, 5) is 24.1. The van der Waals surface area contributed by atoms with Gasteiger partial charge in [-0.15, -0.1) is 0 Å². The Morgan fingerprint density at radius 3 is 2.55 bits per heavy atom. The first-order valence-electron chi connectivity index (χ1n) is 12.3.